The van der Waals surface area contributed by atoms with Gasteiger partial charge in [0.25, 0.3) is 0 Å². The Morgan fingerprint density at radius 2 is 1.86 bits per heavy atom. The first-order valence-electron chi connectivity index (χ1n) is 11.7. The average Bonchev–Trinajstić information content (AvgIpc) is 3.16. The van der Waals surface area contributed by atoms with Gasteiger partial charge in [-0.15, -0.1) is 0 Å². The molecule has 5 fully saturated rings. The molecule has 3 heterocycles. The minimum absolute atomic E-state index is 0.0116. The fourth-order valence-corrected chi connectivity index (χ4v) is 8.72. The fourth-order valence-electron chi connectivity index (χ4n) is 8.72. The van der Waals surface area contributed by atoms with Crippen LogP contribution in [0.5, 0.6) is 0 Å². The zero-order valence-electron chi connectivity index (χ0n) is 17.8. The van der Waals surface area contributed by atoms with Crippen LogP contribution in [0.3, 0.4) is 0 Å². The van der Waals surface area contributed by atoms with E-state index in [9.17, 15) is 15.0 Å². The van der Waals surface area contributed by atoms with Crippen molar-refractivity contribution in [3.63, 3.8) is 0 Å². The largest absolute Gasteiger partial charge is 0.462 e. The normalized spacial score (nSPS) is 62.6. The average molecular weight is 403 g/mol. The lowest BCUT2D eigenvalue weighted by Crippen LogP contribution is -2.60. The van der Waals surface area contributed by atoms with Gasteiger partial charge in [-0.25, -0.2) is 0 Å². The van der Waals surface area contributed by atoms with Crippen LogP contribution in [0, 0.1) is 53.3 Å². The zero-order chi connectivity index (χ0) is 20.4. The fraction of sp³-hybridized carbons (Fsp3) is 0.875. The van der Waals surface area contributed by atoms with E-state index in [1.54, 1.807) is 0 Å². The van der Waals surface area contributed by atoms with Crippen LogP contribution in [-0.4, -0.2) is 46.2 Å². The van der Waals surface area contributed by atoms with Crippen LogP contribution in [-0.2, 0) is 14.3 Å². The van der Waals surface area contributed by atoms with Crippen molar-refractivity contribution in [1.82, 2.24) is 0 Å². The molecule has 29 heavy (non-hydrogen) atoms. The number of carbonyl (C=O) groups excluding carboxylic acids is 1. The summed E-state index contributed by atoms with van der Waals surface area (Å²) >= 11 is 0. The summed E-state index contributed by atoms with van der Waals surface area (Å²) in [5.74, 6) is 0.825. The SMILES string of the molecule is CC1=C[C@H]2[C@@H](O)[C@H](C)[C@@H](O)[C@@H]2[C@H]2[C@@H]3[C@H]4C(=O)OC5CCC(C)(O[C@@H]4[C@@H]5C)[C@@H]3C[C@@H]12. The molecule has 2 unspecified atom stereocenters. The van der Waals surface area contributed by atoms with Gasteiger partial charge < -0.3 is 19.7 Å². The van der Waals surface area contributed by atoms with Gasteiger partial charge in [0.1, 0.15) is 6.10 Å². The summed E-state index contributed by atoms with van der Waals surface area (Å²) < 4.78 is 12.7. The van der Waals surface area contributed by atoms with E-state index in [1.165, 1.54) is 5.57 Å². The highest BCUT2D eigenvalue weighted by molar-refractivity contribution is 5.75. The van der Waals surface area contributed by atoms with Crippen LogP contribution < -0.4 is 0 Å². The Bertz CT molecular complexity index is 777. The molecule has 0 aromatic heterocycles. The molecule has 2 N–H and O–H groups in total. The van der Waals surface area contributed by atoms with E-state index >= 15 is 0 Å². The van der Waals surface area contributed by atoms with Gasteiger partial charge in [-0.2, -0.15) is 0 Å². The number of hydrogen-bond donors (Lipinski definition) is 2. The maximum Gasteiger partial charge on any atom is 0.312 e. The van der Waals surface area contributed by atoms with Crippen LogP contribution in [0.1, 0.15) is 47.0 Å². The molecule has 0 amide bonds. The van der Waals surface area contributed by atoms with E-state index in [2.05, 4.69) is 26.8 Å². The maximum absolute atomic E-state index is 13.2. The third kappa shape index (κ3) is 2.20. The lowest BCUT2D eigenvalue weighted by Gasteiger charge is -2.53. The van der Waals surface area contributed by atoms with Crippen molar-refractivity contribution in [2.45, 2.75) is 77.0 Å². The molecule has 160 valence electrons. The number of ether oxygens (including phenoxy) is 2. The molecular weight excluding hydrogens is 368 g/mol. The Labute approximate surface area is 172 Å². The van der Waals surface area contributed by atoms with Crippen LogP contribution in [0.4, 0.5) is 0 Å². The van der Waals surface area contributed by atoms with Gasteiger partial charge in [0.15, 0.2) is 0 Å². The molecule has 6 rings (SSSR count). The topological polar surface area (TPSA) is 76.0 Å². The number of aliphatic hydroxyl groups is 2. The summed E-state index contributed by atoms with van der Waals surface area (Å²) in [5, 5.41) is 22.0. The maximum atomic E-state index is 13.2. The summed E-state index contributed by atoms with van der Waals surface area (Å²) in [5.41, 5.74) is 1.10. The third-order valence-electron chi connectivity index (χ3n) is 10.2. The predicted octanol–water partition coefficient (Wildman–Crippen LogP) is 2.55. The Morgan fingerprint density at radius 3 is 2.62 bits per heavy atom. The molecule has 0 aromatic carbocycles. The van der Waals surface area contributed by atoms with E-state index < -0.39 is 12.2 Å². The first-order chi connectivity index (χ1) is 13.7. The van der Waals surface area contributed by atoms with Gasteiger partial charge in [0.05, 0.1) is 29.8 Å². The van der Waals surface area contributed by atoms with Gasteiger partial charge in [0, 0.05) is 17.8 Å². The number of rotatable bonds is 0. The van der Waals surface area contributed by atoms with E-state index in [0.717, 1.165) is 19.3 Å². The van der Waals surface area contributed by atoms with E-state index in [-0.39, 0.29) is 65.2 Å². The molecule has 3 saturated heterocycles. The summed E-state index contributed by atoms with van der Waals surface area (Å²) in [4.78, 5) is 13.2. The smallest absolute Gasteiger partial charge is 0.312 e. The van der Waals surface area contributed by atoms with Crippen LogP contribution >= 0.6 is 0 Å². The number of hydrogen-bond acceptors (Lipinski definition) is 5. The van der Waals surface area contributed by atoms with Crippen molar-refractivity contribution in [3.05, 3.63) is 11.6 Å². The van der Waals surface area contributed by atoms with Crippen LogP contribution in [0.15, 0.2) is 11.6 Å². The van der Waals surface area contributed by atoms with Gasteiger partial charge in [0.2, 0.25) is 0 Å². The van der Waals surface area contributed by atoms with Crippen molar-refractivity contribution >= 4 is 5.97 Å². The second-order valence-electron chi connectivity index (χ2n) is 11.3. The first-order valence-corrected chi connectivity index (χ1v) is 11.7. The molecule has 3 bridgehead atoms. The molecule has 0 spiro atoms. The summed E-state index contributed by atoms with van der Waals surface area (Å²) in [6.07, 6.45) is 3.92. The molecule has 0 aromatic rings. The Balaban J connectivity index is 1.50. The molecule has 2 saturated carbocycles. The monoisotopic (exact) mass is 402 g/mol. The highest BCUT2D eigenvalue weighted by Crippen LogP contribution is 2.66. The molecular formula is C24H34O5. The number of carbonyl (C=O) groups is 1. The van der Waals surface area contributed by atoms with Crippen molar-refractivity contribution in [3.8, 4) is 0 Å². The van der Waals surface area contributed by atoms with E-state index in [0.29, 0.717) is 11.8 Å². The highest BCUT2D eigenvalue weighted by Gasteiger charge is 2.69. The van der Waals surface area contributed by atoms with Crippen molar-refractivity contribution in [1.29, 1.82) is 0 Å². The van der Waals surface area contributed by atoms with Gasteiger partial charge in [-0.05, 0) is 62.7 Å². The first kappa shape index (κ1) is 18.8. The second kappa shape index (κ2) is 5.86. The molecule has 5 heteroatoms. The van der Waals surface area contributed by atoms with E-state index in [1.807, 2.05) is 6.92 Å². The summed E-state index contributed by atoms with van der Waals surface area (Å²) in [6, 6.07) is 0. The summed E-state index contributed by atoms with van der Waals surface area (Å²) in [6.45, 7) is 8.59. The molecule has 5 nitrogen and oxygen atoms in total. The number of aliphatic hydroxyl groups excluding tert-OH is 2. The standard InChI is InChI=1S/C24H34O5/c1-9-7-13-17(21(26)11(3)20(13)25)16-12(9)8-14-18(16)19-22-10(2)15(28-23(19)27)5-6-24(14,4)29-22/h7,10-22,25-26H,5-6,8H2,1-4H3/t10-,11+,12+,13-,14-,15?,16+,17+,18-,19-,20+,21-,22-,24?/m1/s1. The Morgan fingerprint density at radius 1 is 1.10 bits per heavy atom. The lowest BCUT2D eigenvalue weighted by molar-refractivity contribution is -0.239. The Kier molecular flexibility index (Phi) is 3.81. The predicted molar refractivity (Wildman–Crippen MR) is 106 cm³/mol. The summed E-state index contributed by atoms with van der Waals surface area (Å²) in [7, 11) is 0. The van der Waals surface area contributed by atoms with Crippen molar-refractivity contribution in [2.75, 3.05) is 0 Å². The molecule has 0 radical (unpaired) electrons. The zero-order valence-corrected chi connectivity index (χ0v) is 17.8. The minimum atomic E-state index is -0.520. The molecule has 6 aliphatic rings. The minimum Gasteiger partial charge on any atom is -0.462 e. The number of fused-ring (bicyclic) bond motifs is 9. The highest BCUT2D eigenvalue weighted by atomic mass is 16.6. The number of allylic oxidation sites excluding steroid dienone is 1. The lowest BCUT2D eigenvalue weighted by atomic mass is 9.60. The van der Waals surface area contributed by atoms with Gasteiger partial charge in [-0.1, -0.05) is 25.5 Å². The molecule has 14 atom stereocenters. The van der Waals surface area contributed by atoms with Crippen LogP contribution in [0.25, 0.3) is 0 Å². The van der Waals surface area contributed by atoms with Crippen LogP contribution in [0.2, 0.25) is 0 Å². The Hall–Kier alpha value is -0.910. The van der Waals surface area contributed by atoms with E-state index in [4.69, 9.17) is 9.47 Å². The molecule has 3 aliphatic carbocycles. The molecule has 3 aliphatic heterocycles. The van der Waals surface area contributed by atoms with Gasteiger partial charge >= 0.3 is 5.97 Å². The second-order valence-corrected chi connectivity index (χ2v) is 11.3. The third-order valence-corrected chi connectivity index (χ3v) is 10.2. The quantitative estimate of drug-likeness (QED) is 0.481. The van der Waals surface area contributed by atoms with Gasteiger partial charge in [-0.3, -0.25) is 4.79 Å². The number of esters is 1. The van der Waals surface area contributed by atoms with Crippen molar-refractivity contribution < 1.29 is 24.5 Å². The van der Waals surface area contributed by atoms with Crippen molar-refractivity contribution in [2.24, 2.45) is 53.3 Å².